The van der Waals surface area contributed by atoms with Gasteiger partial charge >= 0.3 is 0 Å². The van der Waals surface area contributed by atoms with Gasteiger partial charge in [-0.3, -0.25) is 9.79 Å². The van der Waals surface area contributed by atoms with E-state index in [0.717, 1.165) is 37.5 Å². The van der Waals surface area contributed by atoms with E-state index in [1.807, 2.05) is 44.3 Å². The molecule has 0 atom stereocenters. The summed E-state index contributed by atoms with van der Waals surface area (Å²) < 4.78 is 0. The van der Waals surface area contributed by atoms with Gasteiger partial charge in [0.15, 0.2) is 5.96 Å². The van der Waals surface area contributed by atoms with Gasteiger partial charge in [-0.05, 0) is 41.7 Å². The normalized spacial score (nSPS) is 14.3. The number of carbonyl (C=O) groups excluding carboxylic acids is 1. The number of guanidine groups is 1. The molecule has 0 saturated carbocycles. The van der Waals surface area contributed by atoms with Crippen LogP contribution >= 0.6 is 0 Å². The predicted molar refractivity (Wildman–Crippen MR) is 120 cm³/mol. The van der Waals surface area contributed by atoms with Crippen molar-refractivity contribution in [3.63, 3.8) is 0 Å². The van der Waals surface area contributed by atoms with Gasteiger partial charge in [0.25, 0.3) is 5.91 Å². The molecule has 0 saturated heterocycles. The molecule has 152 valence electrons. The second kappa shape index (κ2) is 10.5. The lowest BCUT2D eigenvalue weighted by Crippen LogP contribution is -2.43. The van der Waals surface area contributed by atoms with Crippen molar-refractivity contribution in [2.45, 2.75) is 26.3 Å². The second-order valence-electron chi connectivity index (χ2n) is 7.15. The SMILES string of the molecule is CCCNC(=O)c1cccc(CNC(=NC)N2CC=C(c3ccccc3)CC2)c1. The molecule has 1 heterocycles. The Bertz CT molecular complexity index is 873. The number of hydrogen-bond donors (Lipinski definition) is 2. The van der Waals surface area contributed by atoms with Gasteiger partial charge < -0.3 is 15.5 Å². The van der Waals surface area contributed by atoms with Crippen LogP contribution in [0.5, 0.6) is 0 Å². The second-order valence-corrected chi connectivity index (χ2v) is 7.15. The fourth-order valence-corrected chi connectivity index (χ4v) is 3.45. The Morgan fingerprint density at radius 1 is 1.10 bits per heavy atom. The van der Waals surface area contributed by atoms with Gasteiger partial charge in [-0.15, -0.1) is 0 Å². The van der Waals surface area contributed by atoms with E-state index in [9.17, 15) is 4.79 Å². The lowest BCUT2D eigenvalue weighted by atomic mass is 10.00. The van der Waals surface area contributed by atoms with Crippen molar-refractivity contribution in [2.24, 2.45) is 4.99 Å². The molecule has 0 fully saturated rings. The Labute approximate surface area is 173 Å². The quantitative estimate of drug-likeness (QED) is 0.584. The molecule has 29 heavy (non-hydrogen) atoms. The van der Waals surface area contributed by atoms with Gasteiger partial charge in [0.1, 0.15) is 0 Å². The Morgan fingerprint density at radius 2 is 1.93 bits per heavy atom. The Balaban J connectivity index is 1.58. The molecule has 1 aliphatic heterocycles. The molecule has 5 nitrogen and oxygen atoms in total. The van der Waals surface area contributed by atoms with Gasteiger partial charge in [-0.2, -0.15) is 0 Å². The highest BCUT2D eigenvalue weighted by Gasteiger charge is 2.16. The molecule has 0 aliphatic carbocycles. The van der Waals surface area contributed by atoms with Crippen molar-refractivity contribution in [3.05, 3.63) is 77.4 Å². The maximum atomic E-state index is 12.2. The third-order valence-electron chi connectivity index (χ3n) is 5.04. The Kier molecular flexibility index (Phi) is 7.45. The number of amides is 1. The molecule has 2 N–H and O–H groups in total. The average molecular weight is 391 g/mol. The summed E-state index contributed by atoms with van der Waals surface area (Å²) in [4.78, 5) is 18.9. The van der Waals surface area contributed by atoms with Crippen molar-refractivity contribution in [1.29, 1.82) is 0 Å². The van der Waals surface area contributed by atoms with E-state index in [1.165, 1.54) is 11.1 Å². The molecule has 5 heteroatoms. The molecule has 2 aromatic carbocycles. The van der Waals surface area contributed by atoms with Crippen LogP contribution in [0.3, 0.4) is 0 Å². The van der Waals surface area contributed by atoms with E-state index in [0.29, 0.717) is 18.7 Å². The van der Waals surface area contributed by atoms with Crippen molar-refractivity contribution >= 4 is 17.4 Å². The highest BCUT2D eigenvalue weighted by atomic mass is 16.1. The van der Waals surface area contributed by atoms with Crippen LogP contribution in [0, 0.1) is 0 Å². The molecule has 1 amide bonds. The summed E-state index contributed by atoms with van der Waals surface area (Å²) in [5.41, 5.74) is 4.45. The lowest BCUT2D eigenvalue weighted by molar-refractivity contribution is 0.0953. The molecule has 2 aromatic rings. The zero-order valence-electron chi connectivity index (χ0n) is 17.3. The zero-order valence-corrected chi connectivity index (χ0v) is 17.3. The highest BCUT2D eigenvalue weighted by Crippen LogP contribution is 2.22. The van der Waals surface area contributed by atoms with Gasteiger partial charge in [-0.1, -0.05) is 55.5 Å². The minimum atomic E-state index is -0.0207. The van der Waals surface area contributed by atoms with Gasteiger partial charge in [0.2, 0.25) is 0 Å². The number of hydrogen-bond acceptors (Lipinski definition) is 2. The number of nitrogens with one attached hydrogen (secondary N) is 2. The number of aliphatic imine (C=N–C) groups is 1. The highest BCUT2D eigenvalue weighted by molar-refractivity contribution is 5.94. The van der Waals surface area contributed by atoms with E-state index in [1.54, 1.807) is 0 Å². The van der Waals surface area contributed by atoms with Crippen LogP contribution in [0.1, 0.15) is 41.3 Å². The minimum absolute atomic E-state index is 0.0207. The van der Waals surface area contributed by atoms with Crippen LogP contribution in [0.2, 0.25) is 0 Å². The molecule has 0 bridgehead atoms. The summed E-state index contributed by atoms with van der Waals surface area (Å²) in [5.74, 6) is 0.863. The third-order valence-corrected chi connectivity index (χ3v) is 5.04. The first kappa shape index (κ1) is 20.6. The summed E-state index contributed by atoms with van der Waals surface area (Å²) in [7, 11) is 1.81. The van der Waals surface area contributed by atoms with E-state index in [-0.39, 0.29) is 5.91 Å². The van der Waals surface area contributed by atoms with E-state index in [4.69, 9.17) is 0 Å². The van der Waals surface area contributed by atoms with Crippen LogP contribution in [-0.2, 0) is 6.54 Å². The number of nitrogens with zero attached hydrogens (tertiary/aromatic N) is 2. The van der Waals surface area contributed by atoms with Gasteiger partial charge in [-0.25, -0.2) is 0 Å². The van der Waals surface area contributed by atoms with Crippen molar-refractivity contribution in [1.82, 2.24) is 15.5 Å². The number of carbonyl (C=O) groups is 1. The molecule has 0 spiro atoms. The third kappa shape index (κ3) is 5.70. The van der Waals surface area contributed by atoms with Crippen molar-refractivity contribution < 1.29 is 4.79 Å². The molecule has 1 aliphatic rings. The summed E-state index contributed by atoms with van der Waals surface area (Å²) in [6, 6.07) is 18.3. The fourth-order valence-electron chi connectivity index (χ4n) is 3.45. The van der Waals surface area contributed by atoms with Crippen LogP contribution < -0.4 is 10.6 Å². The van der Waals surface area contributed by atoms with Crippen LogP contribution in [0.25, 0.3) is 5.57 Å². The largest absolute Gasteiger partial charge is 0.352 e. The zero-order chi connectivity index (χ0) is 20.5. The number of benzene rings is 2. The first-order valence-corrected chi connectivity index (χ1v) is 10.3. The maximum Gasteiger partial charge on any atom is 0.251 e. The van der Waals surface area contributed by atoms with Crippen molar-refractivity contribution in [3.8, 4) is 0 Å². The van der Waals surface area contributed by atoms with Crippen LogP contribution in [-0.4, -0.2) is 43.4 Å². The summed E-state index contributed by atoms with van der Waals surface area (Å²) in [6.07, 6.45) is 4.21. The van der Waals surface area contributed by atoms with Gasteiger partial charge in [0.05, 0.1) is 0 Å². The average Bonchev–Trinajstić information content (AvgIpc) is 2.79. The molecular formula is C24H30N4O. The van der Waals surface area contributed by atoms with E-state index < -0.39 is 0 Å². The lowest BCUT2D eigenvalue weighted by Gasteiger charge is -2.30. The molecule has 3 rings (SSSR count). The van der Waals surface area contributed by atoms with E-state index >= 15 is 0 Å². The number of rotatable bonds is 6. The topological polar surface area (TPSA) is 56.7 Å². The monoisotopic (exact) mass is 390 g/mol. The molecule has 0 radical (unpaired) electrons. The smallest absolute Gasteiger partial charge is 0.251 e. The first-order valence-electron chi connectivity index (χ1n) is 10.3. The predicted octanol–water partition coefficient (Wildman–Crippen LogP) is 3.69. The Hall–Kier alpha value is -3.08. The summed E-state index contributed by atoms with van der Waals surface area (Å²) >= 11 is 0. The standard InChI is InChI=1S/C24H30N4O/c1-3-14-26-23(29)22-11-7-8-19(17-22)18-27-24(25-2)28-15-12-21(13-16-28)20-9-5-4-6-10-20/h4-12,17H,3,13-16,18H2,1-2H3,(H,25,27)(H,26,29). The minimum Gasteiger partial charge on any atom is -0.352 e. The maximum absolute atomic E-state index is 12.2. The first-order chi connectivity index (χ1) is 14.2. The Morgan fingerprint density at radius 3 is 2.62 bits per heavy atom. The van der Waals surface area contributed by atoms with Gasteiger partial charge in [0, 0.05) is 38.8 Å². The molecular weight excluding hydrogens is 360 g/mol. The summed E-state index contributed by atoms with van der Waals surface area (Å²) in [5, 5.41) is 6.36. The van der Waals surface area contributed by atoms with Crippen LogP contribution in [0.4, 0.5) is 0 Å². The summed E-state index contributed by atoms with van der Waals surface area (Å²) in [6.45, 7) is 5.14. The molecule has 0 aromatic heterocycles. The fraction of sp³-hybridized carbons (Fsp3) is 0.333. The van der Waals surface area contributed by atoms with Crippen LogP contribution in [0.15, 0.2) is 65.7 Å². The molecule has 0 unspecified atom stereocenters. The van der Waals surface area contributed by atoms with Crippen molar-refractivity contribution in [2.75, 3.05) is 26.7 Å². The van der Waals surface area contributed by atoms with E-state index in [2.05, 4.69) is 50.9 Å².